The normalized spacial score (nSPS) is 11.0. The summed E-state index contributed by atoms with van der Waals surface area (Å²) in [4.78, 5) is 4.73. The Hall–Kier alpha value is -2.53. The molecular formula is C17H19N3O2. The number of ether oxygens (including phenoxy) is 1. The molecule has 0 unspecified atom stereocenters. The Morgan fingerprint density at radius 1 is 1.18 bits per heavy atom. The maximum atomic E-state index is 9.47. The fourth-order valence-corrected chi connectivity index (χ4v) is 2.51. The van der Waals surface area contributed by atoms with E-state index in [1.54, 1.807) is 19.2 Å². The van der Waals surface area contributed by atoms with E-state index >= 15 is 0 Å². The zero-order valence-electron chi connectivity index (χ0n) is 12.7. The predicted octanol–water partition coefficient (Wildman–Crippen LogP) is 3.07. The number of nitrogens with zero attached hydrogens (tertiary/aromatic N) is 2. The number of rotatable bonds is 5. The molecule has 0 fully saturated rings. The van der Waals surface area contributed by atoms with E-state index in [-0.39, 0.29) is 5.75 Å². The van der Waals surface area contributed by atoms with Gasteiger partial charge in [0.15, 0.2) is 0 Å². The molecule has 0 aliphatic rings. The summed E-state index contributed by atoms with van der Waals surface area (Å²) in [5.74, 6) is 1.19. The molecule has 5 nitrogen and oxygen atoms in total. The van der Waals surface area contributed by atoms with Crippen molar-refractivity contribution in [3.63, 3.8) is 0 Å². The molecule has 2 aromatic heterocycles. The van der Waals surface area contributed by atoms with Gasteiger partial charge in [-0.05, 0) is 43.3 Å². The van der Waals surface area contributed by atoms with Crippen LogP contribution in [0.4, 0.5) is 5.82 Å². The first kappa shape index (κ1) is 14.4. The molecule has 114 valence electrons. The largest absolute Gasteiger partial charge is 0.508 e. The zero-order valence-corrected chi connectivity index (χ0v) is 12.7. The topological polar surface area (TPSA) is 58.8 Å². The molecule has 5 heteroatoms. The summed E-state index contributed by atoms with van der Waals surface area (Å²) < 4.78 is 7.21. The number of imidazole rings is 1. The minimum absolute atomic E-state index is 0.248. The highest BCUT2D eigenvalue weighted by molar-refractivity contribution is 5.77. The Morgan fingerprint density at radius 2 is 1.95 bits per heavy atom. The van der Waals surface area contributed by atoms with Crippen LogP contribution in [0, 0.1) is 6.92 Å². The molecule has 0 atom stereocenters. The summed E-state index contributed by atoms with van der Waals surface area (Å²) in [7, 11) is 1.68. The number of hydrogen-bond donors (Lipinski definition) is 2. The number of aromatic hydroxyl groups is 1. The van der Waals surface area contributed by atoms with E-state index in [9.17, 15) is 5.11 Å². The van der Waals surface area contributed by atoms with Gasteiger partial charge in [0.2, 0.25) is 0 Å². The van der Waals surface area contributed by atoms with Gasteiger partial charge in [-0.25, -0.2) is 4.98 Å². The van der Waals surface area contributed by atoms with Crippen LogP contribution in [0.25, 0.3) is 16.9 Å². The number of aromatic nitrogens is 2. The second-order valence-corrected chi connectivity index (χ2v) is 5.14. The monoisotopic (exact) mass is 297 g/mol. The lowest BCUT2D eigenvalue weighted by Gasteiger charge is -2.10. The summed E-state index contributed by atoms with van der Waals surface area (Å²) >= 11 is 0. The van der Waals surface area contributed by atoms with Gasteiger partial charge >= 0.3 is 0 Å². The maximum Gasteiger partial charge on any atom is 0.139 e. The molecule has 2 heterocycles. The minimum atomic E-state index is 0.248. The summed E-state index contributed by atoms with van der Waals surface area (Å²) in [6, 6.07) is 13.1. The Labute approximate surface area is 129 Å². The third kappa shape index (κ3) is 2.63. The van der Waals surface area contributed by atoms with Crippen LogP contribution in [0.15, 0.2) is 42.5 Å². The minimum Gasteiger partial charge on any atom is -0.508 e. The number of phenols is 1. The van der Waals surface area contributed by atoms with E-state index in [1.807, 2.05) is 24.3 Å². The molecule has 0 saturated carbocycles. The average molecular weight is 297 g/mol. The first-order chi connectivity index (χ1) is 10.7. The van der Waals surface area contributed by atoms with Gasteiger partial charge in [0.1, 0.15) is 22.9 Å². The third-order valence-electron chi connectivity index (χ3n) is 3.58. The van der Waals surface area contributed by atoms with Gasteiger partial charge in [0.05, 0.1) is 6.61 Å². The highest BCUT2D eigenvalue weighted by atomic mass is 16.5. The summed E-state index contributed by atoms with van der Waals surface area (Å²) in [6.45, 7) is 3.37. The number of fused-ring (bicyclic) bond motifs is 1. The number of hydrogen-bond acceptors (Lipinski definition) is 4. The van der Waals surface area contributed by atoms with E-state index in [0.717, 1.165) is 28.4 Å². The van der Waals surface area contributed by atoms with Crippen molar-refractivity contribution in [2.75, 3.05) is 25.6 Å². The number of pyridine rings is 1. The van der Waals surface area contributed by atoms with E-state index in [1.165, 1.54) is 0 Å². The van der Waals surface area contributed by atoms with Crippen LogP contribution in [-0.2, 0) is 4.74 Å². The first-order valence-electron chi connectivity index (χ1n) is 7.21. The molecule has 0 amide bonds. The van der Waals surface area contributed by atoms with E-state index in [4.69, 9.17) is 9.72 Å². The van der Waals surface area contributed by atoms with Crippen molar-refractivity contribution < 1.29 is 9.84 Å². The Morgan fingerprint density at radius 3 is 2.68 bits per heavy atom. The molecule has 3 aromatic rings. The van der Waals surface area contributed by atoms with Crippen LogP contribution in [-0.4, -0.2) is 34.8 Å². The number of phenolic OH excluding ortho intramolecular Hbond substituents is 1. The third-order valence-corrected chi connectivity index (χ3v) is 3.58. The highest BCUT2D eigenvalue weighted by Crippen LogP contribution is 2.30. The van der Waals surface area contributed by atoms with E-state index < -0.39 is 0 Å². The zero-order chi connectivity index (χ0) is 15.5. The molecule has 0 aliphatic heterocycles. The molecule has 0 radical (unpaired) electrons. The average Bonchev–Trinajstić information content (AvgIpc) is 2.88. The van der Waals surface area contributed by atoms with Gasteiger partial charge in [-0.1, -0.05) is 6.07 Å². The fraction of sp³-hybridized carbons (Fsp3) is 0.235. The molecule has 1 aromatic carbocycles. The molecular weight excluding hydrogens is 278 g/mol. The maximum absolute atomic E-state index is 9.47. The van der Waals surface area contributed by atoms with E-state index in [2.05, 4.69) is 22.7 Å². The number of methoxy groups -OCH3 is 1. The standard InChI is InChI=1S/C17H19N3O2/c1-12-4-3-5-15-19-16(13-6-8-14(21)9-7-13)17(20(12)15)18-10-11-22-2/h3-9,18,21H,10-11H2,1-2H3. The second kappa shape index (κ2) is 6.07. The molecule has 3 rings (SSSR count). The van der Waals surface area contributed by atoms with Crippen LogP contribution in [0.3, 0.4) is 0 Å². The van der Waals surface area contributed by atoms with Crippen molar-refractivity contribution in [3.8, 4) is 17.0 Å². The van der Waals surface area contributed by atoms with Crippen LogP contribution in [0.5, 0.6) is 5.75 Å². The van der Waals surface area contributed by atoms with Crippen LogP contribution in [0.1, 0.15) is 5.69 Å². The quantitative estimate of drug-likeness (QED) is 0.711. The highest BCUT2D eigenvalue weighted by Gasteiger charge is 2.14. The van der Waals surface area contributed by atoms with Gasteiger partial charge in [-0.15, -0.1) is 0 Å². The molecule has 2 N–H and O–H groups in total. The molecule has 0 aliphatic carbocycles. The molecule has 22 heavy (non-hydrogen) atoms. The Bertz CT molecular complexity index is 778. The van der Waals surface area contributed by atoms with Gasteiger partial charge in [0, 0.05) is 24.9 Å². The van der Waals surface area contributed by atoms with Crippen molar-refractivity contribution in [1.82, 2.24) is 9.38 Å². The lowest BCUT2D eigenvalue weighted by molar-refractivity contribution is 0.210. The summed E-state index contributed by atoms with van der Waals surface area (Å²) in [6.07, 6.45) is 0. The molecule has 0 spiro atoms. The second-order valence-electron chi connectivity index (χ2n) is 5.14. The van der Waals surface area contributed by atoms with Crippen LogP contribution < -0.4 is 5.32 Å². The van der Waals surface area contributed by atoms with Crippen molar-refractivity contribution >= 4 is 11.5 Å². The van der Waals surface area contributed by atoms with Crippen LogP contribution >= 0.6 is 0 Å². The molecule has 0 bridgehead atoms. The van der Waals surface area contributed by atoms with Crippen molar-refractivity contribution in [2.45, 2.75) is 6.92 Å². The first-order valence-corrected chi connectivity index (χ1v) is 7.21. The van der Waals surface area contributed by atoms with Crippen molar-refractivity contribution in [3.05, 3.63) is 48.2 Å². The van der Waals surface area contributed by atoms with Gasteiger partial charge < -0.3 is 15.2 Å². The predicted molar refractivity (Wildman–Crippen MR) is 87.4 cm³/mol. The van der Waals surface area contributed by atoms with Gasteiger partial charge in [0.25, 0.3) is 0 Å². The number of benzene rings is 1. The smallest absolute Gasteiger partial charge is 0.139 e. The Balaban J connectivity index is 2.13. The van der Waals surface area contributed by atoms with Crippen molar-refractivity contribution in [1.29, 1.82) is 0 Å². The van der Waals surface area contributed by atoms with E-state index in [0.29, 0.717) is 13.2 Å². The summed E-state index contributed by atoms with van der Waals surface area (Å²) in [5, 5.41) is 12.9. The van der Waals surface area contributed by atoms with Gasteiger partial charge in [-0.2, -0.15) is 0 Å². The van der Waals surface area contributed by atoms with Crippen LogP contribution in [0.2, 0.25) is 0 Å². The number of anilines is 1. The van der Waals surface area contributed by atoms with Gasteiger partial charge in [-0.3, -0.25) is 4.40 Å². The lowest BCUT2D eigenvalue weighted by atomic mass is 10.1. The lowest BCUT2D eigenvalue weighted by Crippen LogP contribution is -2.10. The molecule has 0 saturated heterocycles. The fourth-order valence-electron chi connectivity index (χ4n) is 2.51. The Kier molecular flexibility index (Phi) is 3.98. The SMILES string of the molecule is COCCNc1c(-c2ccc(O)cc2)nc2cccc(C)n12. The number of nitrogens with one attached hydrogen (secondary N) is 1. The summed E-state index contributed by atoms with van der Waals surface area (Å²) in [5.41, 5.74) is 3.82. The number of aryl methyl sites for hydroxylation is 1. The van der Waals surface area contributed by atoms with Crippen molar-refractivity contribution in [2.24, 2.45) is 0 Å².